The van der Waals surface area contributed by atoms with Gasteiger partial charge in [-0.1, -0.05) is 42.5 Å². The van der Waals surface area contributed by atoms with E-state index in [1.165, 1.54) is 6.07 Å². The number of primary sulfonamides is 1. The third kappa shape index (κ3) is 5.76. The number of anilines is 1. The Morgan fingerprint density at radius 2 is 1.76 bits per heavy atom. The Balaban J connectivity index is 1.35. The predicted octanol–water partition coefficient (Wildman–Crippen LogP) is 3.32. The lowest BCUT2D eigenvalue weighted by Gasteiger charge is -2.26. The van der Waals surface area contributed by atoms with E-state index in [0.29, 0.717) is 32.7 Å². The number of sulfonamides is 1. The van der Waals surface area contributed by atoms with Crippen LogP contribution in [0.5, 0.6) is 5.75 Å². The molecule has 0 aromatic heterocycles. The number of benzene rings is 3. The van der Waals surface area contributed by atoms with Crippen LogP contribution >= 0.6 is 0 Å². The highest BCUT2D eigenvalue weighted by Crippen LogP contribution is 2.30. The Labute approximate surface area is 200 Å². The maximum Gasteiger partial charge on any atom is 0.242 e. The van der Waals surface area contributed by atoms with Crippen molar-refractivity contribution in [3.05, 3.63) is 89.5 Å². The molecular weight excluding hydrogens is 450 g/mol. The van der Waals surface area contributed by atoms with Gasteiger partial charge < -0.3 is 14.5 Å². The van der Waals surface area contributed by atoms with Crippen LogP contribution in [0.2, 0.25) is 0 Å². The molecule has 1 amide bonds. The van der Waals surface area contributed by atoms with Crippen molar-refractivity contribution in [1.82, 2.24) is 4.90 Å². The summed E-state index contributed by atoms with van der Waals surface area (Å²) < 4.78 is 29.1. The zero-order valence-corrected chi connectivity index (χ0v) is 20.0. The highest BCUT2D eigenvalue weighted by atomic mass is 32.2. The maximum atomic E-state index is 13.0. The quantitative estimate of drug-likeness (QED) is 0.508. The van der Waals surface area contributed by atoms with E-state index >= 15 is 0 Å². The van der Waals surface area contributed by atoms with Gasteiger partial charge in [-0.25, -0.2) is 13.6 Å². The topological polar surface area (TPSA) is 92.9 Å². The number of amides is 1. The predicted molar refractivity (Wildman–Crippen MR) is 132 cm³/mol. The monoisotopic (exact) mass is 479 g/mol. The number of hydrogen-bond acceptors (Lipinski definition) is 5. The number of fused-ring (bicyclic) bond motifs is 1. The molecule has 0 saturated carbocycles. The molecule has 0 atom stereocenters. The van der Waals surface area contributed by atoms with Crippen LogP contribution in [0.4, 0.5) is 5.69 Å². The van der Waals surface area contributed by atoms with Crippen molar-refractivity contribution >= 4 is 21.6 Å². The minimum absolute atomic E-state index is 0.0234. The van der Waals surface area contributed by atoms with Crippen molar-refractivity contribution < 1.29 is 17.9 Å². The Morgan fingerprint density at radius 3 is 2.44 bits per heavy atom. The summed E-state index contributed by atoms with van der Waals surface area (Å²) in [5.74, 6) is 0.810. The lowest BCUT2D eigenvalue weighted by molar-refractivity contribution is -0.130. The first-order valence-electron chi connectivity index (χ1n) is 11.3. The largest absolute Gasteiger partial charge is 0.489 e. The van der Waals surface area contributed by atoms with Gasteiger partial charge in [-0.2, -0.15) is 0 Å². The second-order valence-electron chi connectivity index (χ2n) is 8.33. The molecule has 8 heteroatoms. The molecule has 0 fully saturated rings. The van der Waals surface area contributed by atoms with Crippen molar-refractivity contribution in [2.75, 3.05) is 24.5 Å². The molecule has 1 aliphatic heterocycles. The number of carbonyl (C=O) groups excluding carboxylic acids is 1. The Kier molecular flexibility index (Phi) is 7.19. The molecule has 2 N–H and O–H groups in total. The highest BCUT2D eigenvalue weighted by Gasteiger charge is 2.24. The molecular formula is C26H29N3O4S. The Hall–Kier alpha value is -3.36. The number of nitrogens with zero attached hydrogens (tertiary/aromatic N) is 2. The summed E-state index contributed by atoms with van der Waals surface area (Å²) in [6.07, 6.45) is 0.683. The second-order valence-corrected chi connectivity index (χ2v) is 9.89. The lowest BCUT2D eigenvalue weighted by atomic mass is 10.2. The van der Waals surface area contributed by atoms with Crippen molar-refractivity contribution in [3.8, 4) is 5.75 Å². The molecule has 0 bridgehead atoms. The van der Waals surface area contributed by atoms with Crippen LogP contribution in [0, 0.1) is 0 Å². The number of carbonyl (C=O) groups is 1. The first-order valence-corrected chi connectivity index (χ1v) is 12.8. The average Bonchev–Trinajstić information content (AvgIpc) is 3.24. The highest BCUT2D eigenvalue weighted by molar-refractivity contribution is 7.89. The Bertz CT molecular complexity index is 1240. The first kappa shape index (κ1) is 23.8. The summed E-state index contributed by atoms with van der Waals surface area (Å²) in [6, 6.07) is 22.7. The molecule has 3 aromatic rings. The van der Waals surface area contributed by atoms with Gasteiger partial charge in [0, 0.05) is 25.3 Å². The van der Waals surface area contributed by atoms with Crippen LogP contribution in [0.25, 0.3) is 0 Å². The first-order chi connectivity index (χ1) is 16.3. The fourth-order valence-corrected chi connectivity index (χ4v) is 4.64. The Morgan fingerprint density at radius 1 is 1.03 bits per heavy atom. The molecule has 0 aliphatic carbocycles. The van der Waals surface area contributed by atoms with E-state index in [1.54, 1.807) is 12.1 Å². The van der Waals surface area contributed by atoms with E-state index in [1.807, 2.05) is 71.3 Å². The summed E-state index contributed by atoms with van der Waals surface area (Å²) in [4.78, 5) is 17.0. The van der Waals surface area contributed by atoms with Crippen LogP contribution in [-0.4, -0.2) is 38.9 Å². The molecule has 34 heavy (non-hydrogen) atoms. The molecule has 7 nitrogen and oxygen atoms in total. The zero-order chi connectivity index (χ0) is 24.1. The molecule has 0 unspecified atom stereocenters. The summed E-state index contributed by atoms with van der Waals surface area (Å²) >= 11 is 0. The van der Waals surface area contributed by atoms with Gasteiger partial charge in [-0.15, -0.1) is 0 Å². The van der Waals surface area contributed by atoms with E-state index in [-0.39, 0.29) is 17.3 Å². The second kappa shape index (κ2) is 10.3. The van der Waals surface area contributed by atoms with E-state index in [4.69, 9.17) is 9.88 Å². The number of hydrogen-bond donors (Lipinski definition) is 1. The average molecular weight is 480 g/mol. The smallest absolute Gasteiger partial charge is 0.242 e. The van der Waals surface area contributed by atoms with E-state index in [9.17, 15) is 13.2 Å². The molecule has 1 aliphatic rings. The van der Waals surface area contributed by atoms with Crippen LogP contribution in [-0.2, 0) is 34.4 Å². The minimum atomic E-state index is -3.74. The SMILES string of the molecule is CCN(Cc1ccc(OCc2ccccc2)cc1)C(=O)CN1CCc2cc(S(N)(=O)=O)ccc21. The fourth-order valence-electron chi connectivity index (χ4n) is 4.08. The van der Waals surface area contributed by atoms with Gasteiger partial charge in [-0.05, 0) is 60.4 Å². The normalized spacial score (nSPS) is 12.9. The van der Waals surface area contributed by atoms with E-state index in [0.717, 1.165) is 28.1 Å². The van der Waals surface area contributed by atoms with Crippen molar-refractivity contribution in [3.63, 3.8) is 0 Å². The number of ether oxygens (including phenoxy) is 1. The van der Waals surface area contributed by atoms with Crippen molar-refractivity contribution in [1.29, 1.82) is 0 Å². The molecule has 0 spiro atoms. The van der Waals surface area contributed by atoms with Gasteiger partial charge in [-0.3, -0.25) is 4.79 Å². The molecule has 178 valence electrons. The summed E-state index contributed by atoms with van der Waals surface area (Å²) in [6.45, 7) is 4.49. The third-order valence-corrected chi connectivity index (χ3v) is 6.89. The van der Waals surface area contributed by atoms with Gasteiger partial charge in [0.25, 0.3) is 0 Å². The summed E-state index contributed by atoms with van der Waals surface area (Å²) in [5, 5.41) is 5.24. The van der Waals surface area contributed by atoms with Crippen LogP contribution in [0.15, 0.2) is 77.7 Å². The van der Waals surface area contributed by atoms with Crippen LogP contribution < -0.4 is 14.8 Å². The van der Waals surface area contributed by atoms with Gasteiger partial charge in [0.15, 0.2) is 0 Å². The van der Waals surface area contributed by atoms with Crippen LogP contribution in [0.1, 0.15) is 23.6 Å². The lowest BCUT2D eigenvalue weighted by Crippen LogP contribution is -2.39. The van der Waals surface area contributed by atoms with E-state index in [2.05, 4.69) is 0 Å². The van der Waals surface area contributed by atoms with Crippen molar-refractivity contribution in [2.45, 2.75) is 31.4 Å². The van der Waals surface area contributed by atoms with E-state index < -0.39 is 10.0 Å². The number of likely N-dealkylation sites (N-methyl/N-ethyl adjacent to an activating group) is 1. The summed E-state index contributed by atoms with van der Waals surface area (Å²) in [7, 11) is -3.74. The van der Waals surface area contributed by atoms with Gasteiger partial charge in [0.05, 0.1) is 11.4 Å². The standard InChI is InChI=1S/C26H29N3O4S/c1-2-28(17-20-8-10-23(11-9-20)33-19-21-6-4-3-5-7-21)26(30)18-29-15-14-22-16-24(34(27,31)32)12-13-25(22)29/h3-13,16H,2,14-15,17-19H2,1H3,(H2,27,31,32). The number of nitrogens with two attached hydrogens (primary N) is 1. The van der Waals surface area contributed by atoms with Gasteiger partial charge in [0.1, 0.15) is 12.4 Å². The molecule has 4 rings (SSSR count). The summed E-state index contributed by atoms with van der Waals surface area (Å²) in [5.41, 5.74) is 3.92. The third-order valence-electron chi connectivity index (χ3n) is 5.98. The molecule has 0 saturated heterocycles. The van der Waals surface area contributed by atoms with Gasteiger partial charge >= 0.3 is 0 Å². The van der Waals surface area contributed by atoms with Crippen molar-refractivity contribution in [2.24, 2.45) is 5.14 Å². The van der Waals surface area contributed by atoms with Gasteiger partial charge in [0.2, 0.25) is 15.9 Å². The molecule has 0 radical (unpaired) electrons. The fraction of sp³-hybridized carbons (Fsp3) is 0.269. The molecule has 1 heterocycles. The maximum absolute atomic E-state index is 13.0. The number of rotatable bonds is 9. The minimum Gasteiger partial charge on any atom is -0.489 e. The van der Waals surface area contributed by atoms with Crippen LogP contribution in [0.3, 0.4) is 0 Å². The molecule has 3 aromatic carbocycles. The zero-order valence-electron chi connectivity index (χ0n) is 19.2.